The van der Waals surface area contributed by atoms with E-state index in [2.05, 4.69) is 15.8 Å². The molecule has 0 amide bonds. The van der Waals surface area contributed by atoms with Crippen LogP contribution in [0.25, 0.3) is 0 Å². The van der Waals surface area contributed by atoms with Crippen molar-refractivity contribution in [3.8, 4) is 5.75 Å². The molecular formula is C21H17ClFN3OS. The number of benzene rings is 3. The van der Waals surface area contributed by atoms with E-state index in [1.807, 2.05) is 48.5 Å². The summed E-state index contributed by atoms with van der Waals surface area (Å²) in [5.74, 6) is 0.455. The highest BCUT2D eigenvalue weighted by atomic mass is 35.5. The predicted octanol–water partition coefficient (Wildman–Crippen LogP) is 5.38. The van der Waals surface area contributed by atoms with Gasteiger partial charge in [-0.25, -0.2) is 4.39 Å². The van der Waals surface area contributed by atoms with Gasteiger partial charge in [0.1, 0.15) is 18.2 Å². The van der Waals surface area contributed by atoms with Crippen molar-refractivity contribution in [1.29, 1.82) is 0 Å². The average molecular weight is 414 g/mol. The van der Waals surface area contributed by atoms with Gasteiger partial charge in [-0.2, -0.15) is 5.10 Å². The molecule has 0 aliphatic heterocycles. The monoisotopic (exact) mass is 413 g/mol. The molecule has 0 unspecified atom stereocenters. The van der Waals surface area contributed by atoms with Gasteiger partial charge in [0.2, 0.25) is 0 Å². The van der Waals surface area contributed by atoms with Crippen molar-refractivity contribution < 1.29 is 9.13 Å². The smallest absolute Gasteiger partial charge is 0.191 e. The number of nitrogens with zero attached hydrogens (tertiary/aromatic N) is 1. The summed E-state index contributed by atoms with van der Waals surface area (Å²) in [5, 5.41) is 8.01. The van der Waals surface area contributed by atoms with Gasteiger partial charge in [0.15, 0.2) is 5.11 Å². The van der Waals surface area contributed by atoms with Crippen LogP contribution in [-0.2, 0) is 6.61 Å². The fourth-order valence-corrected chi connectivity index (χ4v) is 2.55. The second-order valence-corrected chi connectivity index (χ2v) is 6.66. The fourth-order valence-electron chi connectivity index (χ4n) is 2.26. The largest absolute Gasteiger partial charge is 0.489 e. The lowest BCUT2D eigenvalue weighted by molar-refractivity contribution is 0.306. The molecular weight excluding hydrogens is 397 g/mol. The lowest BCUT2D eigenvalue weighted by atomic mass is 10.2. The van der Waals surface area contributed by atoms with Gasteiger partial charge in [-0.05, 0) is 84.0 Å². The van der Waals surface area contributed by atoms with E-state index in [1.54, 1.807) is 18.3 Å². The van der Waals surface area contributed by atoms with Crippen LogP contribution in [0, 0.1) is 5.82 Å². The highest BCUT2D eigenvalue weighted by Crippen LogP contribution is 2.15. The van der Waals surface area contributed by atoms with E-state index in [-0.39, 0.29) is 5.82 Å². The van der Waals surface area contributed by atoms with Crippen LogP contribution in [0.3, 0.4) is 0 Å². The first-order valence-corrected chi connectivity index (χ1v) is 9.20. The van der Waals surface area contributed by atoms with Crippen molar-refractivity contribution in [1.82, 2.24) is 5.43 Å². The van der Waals surface area contributed by atoms with E-state index in [0.29, 0.717) is 22.4 Å². The van der Waals surface area contributed by atoms with Crippen LogP contribution in [0.15, 0.2) is 77.9 Å². The van der Waals surface area contributed by atoms with Crippen molar-refractivity contribution in [3.63, 3.8) is 0 Å². The van der Waals surface area contributed by atoms with Crippen LogP contribution >= 0.6 is 23.8 Å². The van der Waals surface area contributed by atoms with Crippen molar-refractivity contribution in [2.45, 2.75) is 6.61 Å². The molecule has 0 bridgehead atoms. The Bertz CT molecular complexity index is 945. The van der Waals surface area contributed by atoms with Crippen LogP contribution in [0.5, 0.6) is 5.75 Å². The van der Waals surface area contributed by atoms with E-state index >= 15 is 0 Å². The Balaban J connectivity index is 1.45. The van der Waals surface area contributed by atoms with E-state index < -0.39 is 0 Å². The van der Waals surface area contributed by atoms with Gasteiger partial charge >= 0.3 is 0 Å². The Morgan fingerprint density at radius 1 is 1.00 bits per heavy atom. The molecule has 0 saturated carbocycles. The number of rotatable bonds is 6. The molecule has 0 aliphatic rings. The number of hydrogen-bond donors (Lipinski definition) is 2. The van der Waals surface area contributed by atoms with E-state index in [0.717, 1.165) is 16.9 Å². The summed E-state index contributed by atoms with van der Waals surface area (Å²) in [7, 11) is 0. The number of hydrogen-bond acceptors (Lipinski definition) is 3. The summed E-state index contributed by atoms with van der Waals surface area (Å²) in [6, 6.07) is 20.9. The zero-order chi connectivity index (χ0) is 19.8. The first-order chi connectivity index (χ1) is 13.6. The predicted molar refractivity (Wildman–Crippen MR) is 116 cm³/mol. The highest BCUT2D eigenvalue weighted by molar-refractivity contribution is 7.80. The quantitative estimate of drug-likeness (QED) is 0.323. The van der Waals surface area contributed by atoms with E-state index in [9.17, 15) is 4.39 Å². The number of thiocarbonyl (C=S) groups is 1. The molecule has 0 heterocycles. The first-order valence-electron chi connectivity index (χ1n) is 8.41. The van der Waals surface area contributed by atoms with Gasteiger partial charge in [-0.1, -0.05) is 23.7 Å². The molecule has 0 radical (unpaired) electrons. The number of anilines is 1. The SMILES string of the molecule is Fc1ccc(NC(=S)NN=Cc2ccc(OCc3ccc(Cl)cc3)cc2)cc1. The Morgan fingerprint density at radius 2 is 1.68 bits per heavy atom. The minimum absolute atomic E-state index is 0.303. The number of ether oxygens (including phenoxy) is 1. The van der Waals surface area contributed by atoms with E-state index in [4.69, 9.17) is 28.6 Å². The number of halogens is 2. The molecule has 2 N–H and O–H groups in total. The van der Waals surface area contributed by atoms with Gasteiger partial charge in [0.25, 0.3) is 0 Å². The Labute approximate surface area is 173 Å². The summed E-state index contributed by atoms with van der Waals surface area (Å²) in [6.45, 7) is 0.468. The summed E-state index contributed by atoms with van der Waals surface area (Å²) < 4.78 is 18.6. The van der Waals surface area contributed by atoms with Crippen molar-refractivity contribution >= 4 is 40.8 Å². The lowest BCUT2D eigenvalue weighted by Crippen LogP contribution is -2.23. The van der Waals surface area contributed by atoms with Crippen LogP contribution in [-0.4, -0.2) is 11.3 Å². The second-order valence-electron chi connectivity index (χ2n) is 5.82. The maximum atomic E-state index is 12.9. The zero-order valence-electron chi connectivity index (χ0n) is 14.7. The molecule has 3 aromatic carbocycles. The summed E-state index contributed by atoms with van der Waals surface area (Å²) in [4.78, 5) is 0. The Hall–Kier alpha value is -2.96. The third-order valence-corrected chi connectivity index (χ3v) is 4.13. The molecule has 0 spiro atoms. The van der Waals surface area contributed by atoms with Gasteiger partial charge in [-0.3, -0.25) is 5.43 Å². The lowest BCUT2D eigenvalue weighted by Gasteiger charge is -2.07. The third kappa shape index (κ3) is 6.33. The minimum Gasteiger partial charge on any atom is -0.489 e. The summed E-state index contributed by atoms with van der Waals surface area (Å²) in [5.41, 5.74) is 5.32. The third-order valence-electron chi connectivity index (χ3n) is 3.68. The average Bonchev–Trinajstić information content (AvgIpc) is 2.70. The number of hydrazone groups is 1. The van der Waals surface area contributed by atoms with Crippen molar-refractivity contribution in [2.75, 3.05) is 5.32 Å². The summed E-state index contributed by atoms with van der Waals surface area (Å²) >= 11 is 11.0. The number of nitrogens with one attached hydrogen (secondary N) is 2. The molecule has 0 fully saturated rings. The molecule has 0 atom stereocenters. The molecule has 0 aliphatic carbocycles. The maximum absolute atomic E-state index is 12.9. The maximum Gasteiger partial charge on any atom is 0.191 e. The molecule has 142 valence electrons. The fraction of sp³-hybridized carbons (Fsp3) is 0.0476. The first kappa shape index (κ1) is 19.8. The van der Waals surface area contributed by atoms with Crippen LogP contribution in [0.1, 0.15) is 11.1 Å². The molecule has 0 saturated heterocycles. The van der Waals surface area contributed by atoms with Gasteiger partial charge in [0.05, 0.1) is 6.21 Å². The van der Waals surface area contributed by atoms with Crippen LogP contribution in [0.2, 0.25) is 5.02 Å². The summed E-state index contributed by atoms with van der Waals surface area (Å²) in [6.07, 6.45) is 1.64. The van der Waals surface area contributed by atoms with E-state index in [1.165, 1.54) is 12.1 Å². The molecule has 4 nitrogen and oxygen atoms in total. The Morgan fingerprint density at radius 3 is 2.36 bits per heavy atom. The minimum atomic E-state index is -0.303. The van der Waals surface area contributed by atoms with Gasteiger partial charge in [0, 0.05) is 10.7 Å². The molecule has 7 heteroatoms. The van der Waals surface area contributed by atoms with Crippen LogP contribution in [0.4, 0.5) is 10.1 Å². The standard InChI is InChI=1S/C21H17ClFN3OS/c22-17-5-1-16(2-6-17)14-27-20-11-3-15(4-12-20)13-24-26-21(28)25-19-9-7-18(23)8-10-19/h1-13H,14H2,(H2,25,26,28). The molecule has 3 aromatic rings. The highest BCUT2D eigenvalue weighted by Gasteiger charge is 1.98. The Kier molecular flexibility index (Phi) is 6.94. The van der Waals surface area contributed by atoms with Gasteiger partial charge < -0.3 is 10.1 Å². The zero-order valence-corrected chi connectivity index (χ0v) is 16.3. The molecule has 0 aromatic heterocycles. The topological polar surface area (TPSA) is 45.7 Å². The normalized spacial score (nSPS) is 10.6. The van der Waals surface area contributed by atoms with Crippen molar-refractivity contribution in [3.05, 3.63) is 94.8 Å². The van der Waals surface area contributed by atoms with Crippen molar-refractivity contribution in [2.24, 2.45) is 5.10 Å². The molecule has 28 heavy (non-hydrogen) atoms. The second kappa shape index (κ2) is 9.82. The molecule has 3 rings (SSSR count). The van der Waals surface area contributed by atoms with Gasteiger partial charge in [-0.15, -0.1) is 0 Å². The van der Waals surface area contributed by atoms with Crippen LogP contribution < -0.4 is 15.5 Å².